The molecule has 13 heteroatoms. The van der Waals surface area contributed by atoms with Crippen LogP contribution in [0.1, 0.15) is 32.7 Å². The maximum Gasteiger partial charge on any atom is 0.417 e. The number of nitrogens with two attached hydrogens (primary N) is 1. The Morgan fingerprint density at radius 3 is 2.45 bits per heavy atom. The second-order valence-electron chi connectivity index (χ2n) is 6.58. The van der Waals surface area contributed by atoms with Crippen LogP contribution in [-0.2, 0) is 16.2 Å². The summed E-state index contributed by atoms with van der Waals surface area (Å²) in [5.74, 6) is 4.29. The Morgan fingerprint density at radius 2 is 1.87 bits per heavy atom. The zero-order valence-corrected chi connectivity index (χ0v) is 17.5. The van der Waals surface area contributed by atoms with Gasteiger partial charge in [-0.2, -0.15) is 31.3 Å². The fourth-order valence-corrected chi connectivity index (χ4v) is 4.40. The lowest BCUT2D eigenvalue weighted by Crippen LogP contribution is -2.43. The molecule has 2 heterocycles. The Kier molecular flexibility index (Phi) is 5.47. The number of rotatable bonds is 3. The van der Waals surface area contributed by atoms with Gasteiger partial charge < -0.3 is 4.40 Å². The molecule has 2 aromatic heterocycles. The number of aryl methyl sites for hydroxylation is 2. The van der Waals surface area contributed by atoms with Crippen LogP contribution in [0.5, 0.6) is 0 Å². The number of halogens is 4. The minimum Gasteiger partial charge on any atom is -0.304 e. The van der Waals surface area contributed by atoms with Crippen molar-refractivity contribution < 1.29 is 26.4 Å². The molecule has 31 heavy (non-hydrogen) atoms. The van der Waals surface area contributed by atoms with Crippen molar-refractivity contribution in [3.8, 4) is 6.07 Å². The van der Waals surface area contributed by atoms with E-state index in [1.54, 1.807) is 0 Å². The van der Waals surface area contributed by atoms with E-state index in [-0.39, 0.29) is 31.1 Å². The summed E-state index contributed by atoms with van der Waals surface area (Å²) in [5, 5.41) is 8.67. The molecule has 1 aromatic carbocycles. The molecular formula is C18H13ClF3N5O3S. The highest BCUT2D eigenvalue weighted by Gasteiger charge is 2.34. The summed E-state index contributed by atoms with van der Waals surface area (Å²) in [6, 6.07) is 5.09. The summed E-state index contributed by atoms with van der Waals surface area (Å²) < 4.78 is 65.5. The van der Waals surface area contributed by atoms with Gasteiger partial charge in [-0.05, 0) is 43.2 Å². The number of nitrogens with zero attached hydrogens (tertiary/aromatic N) is 4. The molecule has 0 fully saturated rings. The summed E-state index contributed by atoms with van der Waals surface area (Å²) in [6.07, 6.45) is -3.14. The number of carbonyl (C=O) groups is 1. The number of alkyl halides is 3. The predicted molar refractivity (Wildman–Crippen MR) is 103 cm³/mol. The SMILES string of the molecule is Cc1cc(S(=O)(=O)N(N)C(=O)c2cn3cc(C(F)(F)F)cc(Cl)c3n2)c(C)cc1C#N. The largest absolute Gasteiger partial charge is 0.417 e. The number of fused-ring (bicyclic) bond motifs is 1. The molecule has 0 aliphatic carbocycles. The minimum absolute atomic E-state index is 0.0544. The number of benzene rings is 1. The molecule has 0 radical (unpaired) electrons. The molecule has 3 rings (SSSR count). The lowest BCUT2D eigenvalue weighted by molar-refractivity contribution is -0.137. The summed E-state index contributed by atoms with van der Waals surface area (Å²) in [7, 11) is -4.55. The number of carbonyl (C=O) groups excluding carboxylic acids is 1. The molecule has 2 N–H and O–H groups in total. The maximum absolute atomic E-state index is 13.0. The van der Waals surface area contributed by atoms with E-state index in [4.69, 9.17) is 22.7 Å². The first kappa shape index (κ1) is 22.5. The topological polar surface area (TPSA) is 122 Å². The quantitative estimate of drug-likeness (QED) is 0.355. The third-order valence-electron chi connectivity index (χ3n) is 4.43. The van der Waals surface area contributed by atoms with Crippen LogP contribution >= 0.6 is 11.6 Å². The second kappa shape index (κ2) is 7.52. The van der Waals surface area contributed by atoms with E-state index < -0.39 is 33.4 Å². The molecule has 3 aromatic rings. The standard InChI is InChI=1S/C18H13ClF3N5O3S/c1-9-4-15(10(2)3-11(9)6-23)31(29,30)27(24)17(28)14-8-26-7-12(18(20,21)22)5-13(19)16(26)25-14/h3-5,7-8H,24H2,1-2H3. The van der Waals surface area contributed by atoms with Gasteiger partial charge in [-0.3, -0.25) is 4.79 Å². The Hall–Kier alpha value is -3.14. The fourth-order valence-electron chi connectivity index (χ4n) is 2.83. The van der Waals surface area contributed by atoms with E-state index in [0.29, 0.717) is 17.8 Å². The van der Waals surface area contributed by atoms with Crippen LogP contribution in [0.25, 0.3) is 5.65 Å². The number of hydrogen-bond donors (Lipinski definition) is 1. The first-order chi connectivity index (χ1) is 14.3. The van der Waals surface area contributed by atoms with Crippen LogP contribution in [-0.4, -0.2) is 28.1 Å². The highest BCUT2D eigenvalue weighted by Crippen LogP contribution is 2.32. The van der Waals surface area contributed by atoms with Crippen LogP contribution in [0.2, 0.25) is 5.02 Å². The predicted octanol–water partition coefficient (Wildman–Crippen LogP) is 3.20. The van der Waals surface area contributed by atoms with Crippen LogP contribution in [0, 0.1) is 25.2 Å². The zero-order valence-electron chi connectivity index (χ0n) is 15.9. The normalized spacial score (nSPS) is 12.1. The summed E-state index contributed by atoms with van der Waals surface area (Å²) in [6.45, 7) is 2.94. The molecule has 162 valence electrons. The molecule has 0 saturated heterocycles. The van der Waals surface area contributed by atoms with E-state index in [2.05, 4.69) is 4.98 Å². The van der Waals surface area contributed by atoms with Gasteiger partial charge in [0.15, 0.2) is 5.65 Å². The van der Waals surface area contributed by atoms with Crippen molar-refractivity contribution in [1.29, 1.82) is 5.26 Å². The molecule has 0 aliphatic rings. The number of aromatic nitrogens is 2. The number of hydrogen-bond acceptors (Lipinski definition) is 6. The second-order valence-corrected chi connectivity index (χ2v) is 8.77. The molecule has 0 unspecified atom stereocenters. The van der Waals surface area contributed by atoms with Gasteiger partial charge in [0.25, 0.3) is 10.0 Å². The van der Waals surface area contributed by atoms with E-state index in [1.165, 1.54) is 26.0 Å². The van der Waals surface area contributed by atoms with E-state index >= 15 is 0 Å². The smallest absolute Gasteiger partial charge is 0.304 e. The molecule has 0 aliphatic heterocycles. The van der Waals surface area contributed by atoms with E-state index in [9.17, 15) is 26.4 Å². The van der Waals surface area contributed by atoms with Gasteiger partial charge >= 0.3 is 12.1 Å². The Bertz CT molecular complexity index is 1380. The fraction of sp³-hybridized carbons (Fsp3) is 0.167. The van der Waals surface area contributed by atoms with Crippen molar-refractivity contribution in [3.05, 3.63) is 63.6 Å². The van der Waals surface area contributed by atoms with Gasteiger partial charge in [0.1, 0.15) is 5.69 Å². The van der Waals surface area contributed by atoms with Gasteiger partial charge in [-0.15, -0.1) is 0 Å². The van der Waals surface area contributed by atoms with Crippen LogP contribution < -0.4 is 5.84 Å². The van der Waals surface area contributed by atoms with Crippen LogP contribution in [0.3, 0.4) is 0 Å². The number of hydrazine groups is 1. The van der Waals surface area contributed by atoms with Gasteiger partial charge in [0, 0.05) is 12.4 Å². The Balaban J connectivity index is 2.05. The van der Waals surface area contributed by atoms with Crippen molar-refractivity contribution in [3.63, 3.8) is 0 Å². The number of sulfonamides is 1. The lowest BCUT2D eigenvalue weighted by atomic mass is 10.1. The zero-order chi connectivity index (χ0) is 23.3. The minimum atomic E-state index is -4.69. The van der Waals surface area contributed by atoms with E-state index in [1.807, 2.05) is 6.07 Å². The van der Waals surface area contributed by atoms with Gasteiger partial charge in [0.05, 0.1) is 27.1 Å². The first-order valence-electron chi connectivity index (χ1n) is 8.38. The first-order valence-corrected chi connectivity index (χ1v) is 10.2. The number of pyridine rings is 1. The van der Waals surface area contributed by atoms with Crippen LogP contribution in [0.4, 0.5) is 13.2 Å². The highest BCUT2D eigenvalue weighted by molar-refractivity contribution is 7.89. The Morgan fingerprint density at radius 1 is 1.23 bits per heavy atom. The van der Waals surface area contributed by atoms with Gasteiger partial charge in [-0.1, -0.05) is 11.6 Å². The molecule has 1 amide bonds. The van der Waals surface area contributed by atoms with Crippen molar-refractivity contribution in [1.82, 2.24) is 13.8 Å². The molecule has 0 bridgehead atoms. The average Bonchev–Trinajstić information content (AvgIpc) is 3.12. The maximum atomic E-state index is 13.0. The molecule has 0 spiro atoms. The molecule has 0 saturated carbocycles. The highest BCUT2D eigenvalue weighted by atomic mass is 35.5. The summed E-state index contributed by atoms with van der Waals surface area (Å²) >= 11 is 5.83. The van der Waals surface area contributed by atoms with Crippen molar-refractivity contribution in [2.75, 3.05) is 0 Å². The third-order valence-corrected chi connectivity index (χ3v) is 6.39. The Labute approximate surface area is 179 Å². The van der Waals surface area contributed by atoms with Gasteiger partial charge in [0.2, 0.25) is 0 Å². The summed E-state index contributed by atoms with van der Waals surface area (Å²) in [4.78, 5) is 16.2. The summed E-state index contributed by atoms with van der Waals surface area (Å²) in [5.41, 5.74) is -1.02. The van der Waals surface area contributed by atoms with E-state index in [0.717, 1.165) is 10.6 Å². The van der Waals surface area contributed by atoms with Crippen molar-refractivity contribution in [2.45, 2.75) is 24.9 Å². The lowest BCUT2D eigenvalue weighted by Gasteiger charge is -2.18. The van der Waals surface area contributed by atoms with Crippen molar-refractivity contribution in [2.24, 2.45) is 5.84 Å². The van der Waals surface area contributed by atoms with Gasteiger partial charge in [-0.25, -0.2) is 10.8 Å². The number of amides is 1. The average molecular weight is 472 g/mol. The monoisotopic (exact) mass is 471 g/mol. The van der Waals surface area contributed by atoms with Crippen LogP contribution in [0.15, 0.2) is 35.5 Å². The molecule has 8 nitrogen and oxygen atoms in total. The number of nitriles is 1. The van der Waals surface area contributed by atoms with Crippen molar-refractivity contribution >= 4 is 33.2 Å². The number of imidazole rings is 1. The molecule has 0 atom stereocenters. The molecular weight excluding hydrogens is 459 g/mol. The third kappa shape index (κ3) is 3.95.